The summed E-state index contributed by atoms with van der Waals surface area (Å²) in [4.78, 5) is 33.9. The van der Waals surface area contributed by atoms with Crippen molar-refractivity contribution in [1.82, 2.24) is 0 Å². The van der Waals surface area contributed by atoms with Crippen LogP contribution in [-0.4, -0.2) is 17.9 Å². The zero-order valence-electron chi connectivity index (χ0n) is 12.3. The summed E-state index contributed by atoms with van der Waals surface area (Å²) >= 11 is 10.8. The Bertz CT molecular complexity index is 932. The number of nitrogens with zero attached hydrogens (tertiary/aromatic N) is 1. The zero-order valence-corrected chi connectivity index (χ0v) is 13.8. The van der Waals surface area contributed by atoms with Gasteiger partial charge in [-0.3, -0.25) is 9.59 Å². The normalized spacial score (nSPS) is 9.62. The molecule has 26 heavy (non-hydrogen) atoms. The van der Waals surface area contributed by atoms with E-state index in [9.17, 15) is 31.9 Å². The Balaban J connectivity index is 0.000000263. The summed E-state index contributed by atoms with van der Waals surface area (Å²) in [6.07, 6.45) is 0.978. The van der Waals surface area contributed by atoms with Crippen molar-refractivity contribution in [2.75, 3.05) is 0 Å². The first-order valence-electron chi connectivity index (χ1n) is 6.29. The quantitative estimate of drug-likeness (QED) is 0.354. The third kappa shape index (κ3) is 5.38. The fraction of sp³-hybridized carbons (Fsp3) is 0. The first kappa shape index (κ1) is 21.3. The van der Waals surface area contributed by atoms with Gasteiger partial charge in [-0.15, -0.1) is 4.99 Å². The molecule has 0 spiro atoms. The predicted octanol–water partition coefficient (Wildman–Crippen LogP) is 3.81. The van der Waals surface area contributed by atoms with E-state index in [-0.39, 0.29) is 21.2 Å². The maximum atomic E-state index is 12.6. The minimum Gasteiger partial charge on any atom is -0.366 e. The molecule has 2 aromatic rings. The van der Waals surface area contributed by atoms with Crippen LogP contribution in [0.5, 0.6) is 0 Å². The zero-order chi connectivity index (χ0) is 20.0. The molecule has 0 aliphatic heterocycles. The van der Waals surface area contributed by atoms with Gasteiger partial charge in [-0.25, -0.2) is 22.4 Å². The molecular weight excluding hydrogens is 403 g/mol. The van der Waals surface area contributed by atoms with Crippen molar-refractivity contribution in [3.63, 3.8) is 0 Å². The van der Waals surface area contributed by atoms with Crippen LogP contribution in [-0.2, 0) is 4.79 Å². The summed E-state index contributed by atoms with van der Waals surface area (Å²) < 4.78 is 50.1. The molecule has 0 radical (unpaired) electrons. The van der Waals surface area contributed by atoms with Gasteiger partial charge in [-0.1, -0.05) is 23.2 Å². The second-order valence-corrected chi connectivity index (χ2v) is 5.18. The molecule has 0 unspecified atom stereocenters. The van der Waals surface area contributed by atoms with Crippen LogP contribution in [0.1, 0.15) is 20.7 Å². The number of halogens is 6. The molecular formula is C15H6Cl2F4N2O3. The summed E-state index contributed by atoms with van der Waals surface area (Å²) in [5.41, 5.74) is 4.21. The molecule has 0 aliphatic carbocycles. The number of hydrogen-bond donors (Lipinski definition) is 1. The fourth-order valence-electron chi connectivity index (χ4n) is 1.50. The maximum Gasteiger partial charge on any atom is 0.289 e. The number of amides is 2. The summed E-state index contributed by atoms with van der Waals surface area (Å²) in [6, 6.07) is 2.57. The maximum absolute atomic E-state index is 12.6. The first-order chi connectivity index (χ1) is 12.1. The van der Waals surface area contributed by atoms with Gasteiger partial charge in [0.1, 0.15) is 0 Å². The molecule has 0 atom stereocenters. The highest BCUT2D eigenvalue weighted by molar-refractivity contribution is 6.34. The topological polar surface area (TPSA) is 89.6 Å². The molecule has 0 bridgehead atoms. The van der Waals surface area contributed by atoms with Crippen LogP contribution in [0, 0.1) is 23.3 Å². The predicted molar refractivity (Wildman–Crippen MR) is 83.7 cm³/mol. The number of rotatable bonds is 2. The van der Waals surface area contributed by atoms with E-state index in [2.05, 4.69) is 4.99 Å². The number of hydrogen-bond acceptors (Lipinski definition) is 3. The lowest BCUT2D eigenvalue weighted by molar-refractivity contribution is 0.0992. The minimum absolute atomic E-state index is 0.193. The third-order valence-corrected chi connectivity index (χ3v) is 3.29. The first-order valence-corrected chi connectivity index (χ1v) is 7.05. The van der Waals surface area contributed by atoms with Crippen molar-refractivity contribution in [2.24, 2.45) is 10.7 Å². The highest BCUT2D eigenvalue weighted by atomic mass is 35.5. The second-order valence-electron chi connectivity index (χ2n) is 4.36. The van der Waals surface area contributed by atoms with E-state index in [1.54, 1.807) is 0 Å². The SMILES string of the molecule is NC(=O)c1cc(F)c(F)cc1Cl.O=C=NC(=O)c1cc(F)c(F)cc1Cl. The van der Waals surface area contributed by atoms with Gasteiger partial charge in [0.2, 0.25) is 12.0 Å². The third-order valence-electron chi connectivity index (χ3n) is 2.66. The van der Waals surface area contributed by atoms with Crippen molar-refractivity contribution in [3.05, 3.63) is 68.7 Å². The summed E-state index contributed by atoms with van der Waals surface area (Å²) in [5, 5.41) is -0.505. The van der Waals surface area contributed by atoms with E-state index in [1.807, 2.05) is 0 Å². The van der Waals surface area contributed by atoms with Crippen LogP contribution < -0.4 is 5.73 Å². The van der Waals surface area contributed by atoms with Gasteiger partial charge in [0, 0.05) is 0 Å². The Labute approximate surface area is 153 Å². The van der Waals surface area contributed by atoms with Crippen LogP contribution in [0.3, 0.4) is 0 Å². The Morgan fingerprint density at radius 2 is 1.23 bits per heavy atom. The number of isocyanates is 1. The van der Waals surface area contributed by atoms with Crippen LogP contribution in [0.4, 0.5) is 17.6 Å². The van der Waals surface area contributed by atoms with Crippen LogP contribution in [0.25, 0.3) is 0 Å². The van der Waals surface area contributed by atoms with Crippen LogP contribution in [0.15, 0.2) is 29.3 Å². The van der Waals surface area contributed by atoms with E-state index in [0.717, 1.165) is 6.08 Å². The van der Waals surface area contributed by atoms with Gasteiger partial charge < -0.3 is 5.73 Å². The smallest absolute Gasteiger partial charge is 0.289 e. The van der Waals surface area contributed by atoms with Crippen LogP contribution in [0.2, 0.25) is 10.0 Å². The highest BCUT2D eigenvalue weighted by Gasteiger charge is 2.14. The van der Waals surface area contributed by atoms with Crippen LogP contribution >= 0.6 is 23.2 Å². The Morgan fingerprint density at radius 3 is 1.65 bits per heavy atom. The van der Waals surface area contributed by atoms with Crippen molar-refractivity contribution in [1.29, 1.82) is 0 Å². The van der Waals surface area contributed by atoms with Gasteiger partial charge in [-0.2, -0.15) is 0 Å². The molecule has 2 aromatic carbocycles. The molecule has 2 N–H and O–H groups in total. The lowest BCUT2D eigenvalue weighted by Gasteiger charge is -1.99. The molecule has 0 fully saturated rings. The van der Waals surface area contributed by atoms with Gasteiger partial charge in [0.25, 0.3) is 5.91 Å². The molecule has 11 heteroatoms. The lowest BCUT2D eigenvalue weighted by atomic mass is 10.2. The Morgan fingerprint density at radius 1 is 0.846 bits per heavy atom. The van der Waals surface area contributed by atoms with E-state index >= 15 is 0 Å². The van der Waals surface area contributed by atoms with Gasteiger partial charge in [0.15, 0.2) is 23.3 Å². The second kappa shape index (κ2) is 9.10. The lowest BCUT2D eigenvalue weighted by Crippen LogP contribution is -2.12. The van der Waals surface area contributed by atoms with Gasteiger partial charge in [0.05, 0.1) is 21.2 Å². The van der Waals surface area contributed by atoms with Gasteiger partial charge >= 0.3 is 0 Å². The van der Waals surface area contributed by atoms with E-state index < -0.39 is 35.1 Å². The van der Waals surface area contributed by atoms with E-state index in [1.165, 1.54) is 0 Å². The fourth-order valence-corrected chi connectivity index (χ4v) is 1.97. The molecule has 136 valence electrons. The standard InChI is InChI=1S/C8H2ClF2NO2.C7H4ClF2NO/c9-5-2-7(11)6(10)1-4(5)8(14)12-3-13;8-4-2-6(10)5(9)1-3(4)7(11)12/h1-2H;1-2H,(H2,11,12). The molecule has 2 amide bonds. The number of carbonyl (C=O) groups is 2. The van der Waals surface area contributed by atoms with E-state index in [4.69, 9.17) is 28.9 Å². The number of benzene rings is 2. The minimum atomic E-state index is -1.24. The van der Waals surface area contributed by atoms with Crippen molar-refractivity contribution >= 4 is 41.1 Å². The van der Waals surface area contributed by atoms with E-state index in [0.29, 0.717) is 24.3 Å². The summed E-state index contributed by atoms with van der Waals surface area (Å²) in [7, 11) is 0. The number of primary amides is 1. The van der Waals surface area contributed by atoms with Crippen molar-refractivity contribution < 1.29 is 31.9 Å². The monoisotopic (exact) mass is 408 g/mol. The average Bonchev–Trinajstić information content (AvgIpc) is 2.55. The summed E-state index contributed by atoms with van der Waals surface area (Å²) in [5.74, 6) is -6.62. The molecule has 0 aromatic heterocycles. The average molecular weight is 409 g/mol. The largest absolute Gasteiger partial charge is 0.366 e. The molecule has 0 saturated carbocycles. The van der Waals surface area contributed by atoms with Gasteiger partial charge in [-0.05, 0) is 24.3 Å². The highest BCUT2D eigenvalue weighted by Crippen LogP contribution is 2.21. The summed E-state index contributed by atoms with van der Waals surface area (Å²) in [6.45, 7) is 0. The number of nitrogens with two attached hydrogens (primary N) is 1. The number of carbonyl (C=O) groups excluding carboxylic acids is 3. The van der Waals surface area contributed by atoms with Crippen molar-refractivity contribution in [2.45, 2.75) is 0 Å². The number of aliphatic imine (C=N–C) groups is 1. The molecule has 2 rings (SSSR count). The Kier molecular flexibility index (Phi) is 7.45. The molecule has 0 aliphatic rings. The molecule has 5 nitrogen and oxygen atoms in total. The molecule has 0 heterocycles. The Hall–Kier alpha value is -2.74. The molecule has 0 saturated heterocycles. The van der Waals surface area contributed by atoms with Crippen molar-refractivity contribution in [3.8, 4) is 0 Å².